The maximum atomic E-state index is 14.2. The molecule has 2 fully saturated rings. The summed E-state index contributed by atoms with van der Waals surface area (Å²) in [5, 5.41) is 8.70. The molecule has 540 valence electrons. The number of carbonyl (C=O) groups excluding carboxylic acids is 9. The van der Waals surface area contributed by atoms with Gasteiger partial charge in [0.1, 0.15) is 57.3 Å². The van der Waals surface area contributed by atoms with Gasteiger partial charge in [0.05, 0.1) is 18.9 Å². The van der Waals surface area contributed by atoms with Crippen LogP contribution < -0.4 is 16.0 Å². The van der Waals surface area contributed by atoms with Gasteiger partial charge >= 0.3 is 18.0 Å². The minimum atomic E-state index is -1.17. The lowest BCUT2D eigenvalue weighted by molar-refractivity contribution is -0.151. The van der Waals surface area contributed by atoms with Crippen molar-refractivity contribution in [2.45, 2.75) is 201 Å². The van der Waals surface area contributed by atoms with E-state index in [0.29, 0.717) is 32.6 Å². The predicted molar refractivity (Wildman–Crippen MR) is 386 cm³/mol. The molecule has 6 atom stereocenters. The van der Waals surface area contributed by atoms with E-state index >= 15 is 0 Å². The summed E-state index contributed by atoms with van der Waals surface area (Å²) >= 11 is 0. The molecule has 3 N–H and O–H groups in total. The van der Waals surface area contributed by atoms with Gasteiger partial charge in [0.15, 0.2) is 0 Å². The molecule has 4 aromatic carbocycles. The number of hydrogen-bond acceptors (Lipinski definition) is 14. The molecule has 0 bridgehead atoms. The summed E-state index contributed by atoms with van der Waals surface area (Å²) in [5.74, 6) is -4.23. The van der Waals surface area contributed by atoms with Crippen LogP contribution >= 0.6 is 0 Å². The Morgan fingerprint density at radius 2 is 0.837 bits per heavy atom. The van der Waals surface area contributed by atoms with E-state index in [2.05, 4.69) is 54.0 Å². The van der Waals surface area contributed by atoms with Crippen LogP contribution in [0, 0.1) is 11.8 Å². The summed E-state index contributed by atoms with van der Waals surface area (Å²) in [7, 11) is 5.40. The second kappa shape index (κ2) is 41.5. The van der Waals surface area contributed by atoms with Gasteiger partial charge in [-0.05, 0) is 120 Å². The Bertz CT molecular complexity index is 3100. The third-order valence-corrected chi connectivity index (χ3v) is 20.0. The number of amides is 7. The standard InChI is InChI=1S/C37H52N4O7.C32H44N4O5.C7H19NSi/c1-26(2)32(40(7)35(45)30(23-27-17-11-8-12-18-27)39(6)36(46)48-37(3,4)5)33(43)38-29(34(44)41-21-15-10-16-22-41)24-31(42)47-25-28-19-13-9-14-20-28;1-23(2)29(35(4)31(39)26(33-3)20-24-14-8-5-9-15-24)30(38)34-27(32(40)36-18-12-7-13-19-36)21-28(37)41-22-25-16-10-6-11-17-25;1-6-8(7-2)9(3,4)5/h8-9,11-14,17-20,26,29-30,32H,10,15-16,21-25H2,1-7H3,(H,38,43);5-6,8-11,14-17,23,26-27,29,33H,7,12-13,18-22H2,1-4H3,(H,34,38);6-7H2,1-5H3/t29-,30?,32-;26?,27-,29-;/m00./s1. The van der Waals surface area contributed by atoms with E-state index in [1.165, 1.54) is 41.9 Å². The number of rotatable bonds is 29. The van der Waals surface area contributed by atoms with Crippen LogP contribution in [0.5, 0.6) is 0 Å². The molecule has 2 saturated heterocycles. The zero-order valence-corrected chi connectivity index (χ0v) is 62.5. The van der Waals surface area contributed by atoms with Crippen molar-refractivity contribution < 1.29 is 57.4 Å². The largest absolute Gasteiger partial charge is 0.461 e. The van der Waals surface area contributed by atoms with Crippen LogP contribution in [-0.2, 0) is 78.6 Å². The SMILES string of the molecule is CC(C)[C@@H](C(=O)N[C@@H](CC(=O)OCc1ccccc1)C(=O)N1CCCCC1)N(C)C(=O)C(Cc1ccccc1)N(C)C(=O)OC(C)(C)C.CCN(CC)[Si](C)(C)C.CNC(Cc1ccccc1)C(=O)N(C)[C@H](C(=O)N[C@@H](CC(=O)OCc1ccccc1)C(=O)N1CCCCC1)C(C)C. The van der Waals surface area contributed by atoms with Gasteiger partial charge in [-0.1, -0.05) is 183 Å². The van der Waals surface area contributed by atoms with Crippen molar-refractivity contribution in [1.29, 1.82) is 0 Å². The molecule has 0 saturated carbocycles. The fourth-order valence-electron chi connectivity index (χ4n) is 12.1. The smallest absolute Gasteiger partial charge is 0.410 e. The molecule has 2 unspecified atom stereocenters. The molecule has 4 aromatic rings. The third-order valence-electron chi connectivity index (χ3n) is 17.5. The number of likely N-dealkylation sites (N-methyl/N-ethyl adjacent to an activating group) is 4. The third kappa shape index (κ3) is 27.8. The molecule has 22 heteroatoms. The maximum absolute atomic E-state index is 14.2. The first-order chi connectivity index (χ1) is 46.4. The van der Waals surface area contributed by atoms with Gasteiger partial charge in [0.25, 0.3) is 0 Å². The monoisotopic (exact) mass is 1370 g/mol. The minimum absolute atomic E-state index is 0.0398. The summed E-state index contributed by atoms with van der Waals surface area (Å²) in [5.41, 5.74) is 2.68. The molecular formula is C76H115N9O12Si. The second-order valence-electron chi connectivity index (χ2n) is 28.0. The molecule has 0 radical (unpaired) electrons. The van der Waals surface area contributed by atoms with Crippen LogP contribution in [0.4, 0.5) is 4.79 Å². The molecule has 2 aliphatic rings. The van der Waals surface area contributed by atoms with Crippen LogP contribution in [0.3, 0.4) is 0 Å². The molecule has 6 rings (SSSR count). The van der Waals surface area contributed by atoms with E-state index in [1.807, 2.05) is 135 Å². The maximum Gasteiger partial charge on any atom is 0.410 e. The van der Waals surface area contributed by atoms with Crippen molar-refractivity contribution in [1.82, 2.24) is 45.0 Å². The lowest BCUT2D eigenvalue weighted by Crippen LogP contribution is -2.60. The molecular weight excluding hydrogens is 1260 g/mol. The predicted octanol–water partition coefficient (Wildman–Crippen LogP) is 9.67. The van der Waals surface area contributed by atoms with E-state index in [4.69, 9.17) is 14.2 Å². The molecule has 98 heavy (non-hydrogen) atoms. The molecule has 21 nitrogen and oxygen atoms in total. The van der Waals surface area contributed by atoms with Crippen molar-refractivity contribution in [2.24, 2.45) is 11.8 Å². The summed E-state index contributed by atoms with van der Waals surface area (Å²) < 4.78 is 19.1. The molecule has 0 aliphatic carbocycles. The number of hydrogen-bond donors (Lipinski definition) is 3. The number of ether oxygens (including phenoxy) is 3. The molecule has 0 spiro atoms. The van der Waals surface area contributed by atoms with Gasteiger partial charge in [-0.2, -0.15) is 0 Å². The Labute approximate surface area is 585 Å². The zero-order chi connectivity index (χ0) is 72.7. The summed E-state index contributed by atoms with van der Waals surface area (Å²) in [6.07, 6.45) is 4.82. The average Bonchev–Trinajstić information content (AvgIpc) is 0.827. The highest BCUT2D eigenvalue weighted by Gasteiger charge is 2.41. The first-order valence-corrected chi connectivity index (χ1v) is 38.4. The summed E-state index contributed by atoms with van der Waals surface area (Å²) in [6.45, 7) is 29.0. The van der Waals surface area contributed by atoms with Gasteiger partial charge in [-0.3, -0.25) is 43.3 Å². The van der Waals surface area contributed by atoms with Crippen molar-refractivity contribution in [2.75, 3.05) is 67.5 Å². The number of esters is 2. The Morgan fingerprint density at radius 1 is 0.490 bits per heavy atom. The van der Waals surface area contributed by atoms with Gasteiger partial charge in [-0.25, -0.2) is 4.79 Å². The number of carbonyl (C=O) groups is 9. The number of nitrogens with zero attached hydrogens (tertiary/aromatic N) is 6. The van der Waals surface area contributed by atoms with E-state index in [-0.39, 0.29) is 62.0 Å². The fraction of sp³-hybridized carbons (Fsp3) is 0.566. The van der Waals surface area contributed by atoms with E-state index in [1.54, 1.807) is 58.5 Å². The molecule has 2 aliphatic heterocycles. The van der Waals surface area contributed by atoms with Gasteiger partial charge in [-0.15, -0.1) is 0 Å². The van der Waals surface area contributed by atoms with Crippen molar-refractivity contribution in [3.63, 3.8) is 0 Å². The summed E-state index contributed by atoms with van der Waals surface area (Å²) in [6, 6.07) is 31.8. The Balaban J connectivity index is 0.000000373. The highest BCUT2D eigenvalue weighted by atomic mass is 28.3. The average molecular weight is 1370 g/mol. The molecule has 0 aromatic heterocycles. The first kappa shape index (κ1) is 82.5. The van der Waals surface area contributed by atoms with Gasteiger partial charge in [0, 0.05) is 53.7 Å². The van der Waals surface area contributed by atoms with Crippen molar-refractivity contribution in [3.05, 3.63) is 144 Å². The van der Waals surface area contributed by atoms with E-state index in [9.17, 15) is 43.2 Å². The normalized spacial score (nSPS) is 15.1. The number of nitrogens with one attached hydrogen (secondary N) is 3. The number of benzene rings is 4. The fourth-order valence-corrected chi connectivity index (χ4v) is 14.0. The second-order valence-corrected chi connectivity index (χ2v) is 33.0. The van der Waals surface area contributed by atoms with Crippen LogP contribution in [0.15, 0.2) is 121 Å². The van der Waals surface area contributed by atoms with Gasteiger partial charge in [0.2, 0.25) is 35.4 Å². The topological polar surface area (TPSA) is 237 Å². The zero-order valence-electron chi connectivity index (χ0n) is 61.5. The number of likely N-dealkylation sites (tertiary alicyclic amines) is 2. The Morgan fingerprint density at radius 3 is 1.15 bits per heavy atom. The van der Waals surface area contributed by atoms with Crippen LogP contribution in [0.25, 0.3) is 0 Å². The Hall–Kier alpha value is -7.95. The van der Waals surface area contributed by atoms with Crippen molar-refractivity contribution in [3.8, 4) is 0 Å². The minimum Gasteiger partial charge on any atom is -0.461 e. The molecule has 2 heterocycles. The van der Waals surface area contributed by atoms with Crippen LogP contribution in [0.2, 0.25) is 19.6 Å². The Kier molecular flexibility index (Phi) is 34.9. The highest BCUT2D eigenvalue weighted by Crippen LogP contribution is 2.22. The van der Waals surface area contributed by atoms with E-state index < -0.39 is 85.8 Å². The highest BCUT2D eigenvalue weighted by molar-refractivity contribution is 6.73. The van der Waals surface area contributed by atoms with Gasteiger partial charge < -0.3 is 54.3 Å². The lowest BCUT2D eigenvalue weighted by Gasteiger charge is -2.37. The van der Waals surface area contributed by atoms with E-state index in [0.717, 1.165) is 60.8 Å². The summed E-state index contributed by atoms with van der Waals surface area (Å²) in [4.78, 5) is 129. The number of piperidine rings is 2. The first-order valence-electron chi connectivity index (χ1n) is 35.0. The lowest BCUT2D eigenvalue weighted by atomic mass is 9.98. The quantitative estimate of drug-likeness (QED) is 0.0261. The van der Waals surface area contributed by atoms with Crippen LogP contribution in [0.1, 0.15) is 136 Å². The van der Waals surface area contributed by atoms with Crippen LogP contribution in [-0.4, -0.2) is 200 Å². The molecule has 7 amide bonds. The van der Waals surface area contributed by atoms with Crippen molar-refractivity contribution >= 4 is 61.7 Å².